The highest BCUT2D eigenvalue weighted by Crippen LogP contribution is 2.29. The number of nitrogens with zero attached hydrogens (tertiary/aromatic N) is 1. The number of benzene rings is 1. The summed E-state index contributed by atoms with van der Waals surface area (Å²) in [4.78, 5) is 4.43. The van der Waals surface area contributed by atoms with Gasteiger partial charge in [-0.3, -0.25) is 4.98 Å². The molecule has 0 amide bonds. The molecule has 2 rings (SSSR count). The Morgan fingerprint density at radius 1 is 1.29 bits per heavy atom. The van der Waals surface area contributed by atoms with Gasteiger partial charge in [-0.15, -0.1) is 0 Å². The average Bonchev–Trinajstić information content (AvgIpc) is 2.36. The predicted octanol–water partition coefficient (Wildman–Crippen LogP) is 2.44. The molecule has 0 aliphatic carbocycles. The van der Waals surface area contributed by atoms with Crippen molar-refractivity contribution in [1.82, 2.24) is 4.98 Å². The van der Waals surface area contributed by atoms with Crippen molar-refractivity contribution in [2.75, 3.05) is 13.7 Å². The zero-order chi connectivity index (χ0) is 12.3. The maximum atomic E-state index is 5.57. The molecule has 1 heterocycles. The van der Waals surface area contributed by atoms with E-state index in [-0.39, 0.29) is 0 Å². The van der Waals surface area contributed by atoms with Crippen LogP contribution in [0.3, 0.4) is 0 Å². The Bertz CT molecular complexity index is 523. The van der Waals surface area contributed by atoms with Gasteiger partial charge in [0, 0.05) is 11.6 Å². The van der Waals surface area contributed by atoms with Crippen LogP contribution in [-0.4, -0.2) is 18.6 Å². The topological polar surface area (TPSA) is 48.1 Å². The summed E-state index contributed by atoms with van der Waals surface area (Å²) in [6.45, 7) is 2.82. The molecule has 1 aromatic carbocycles. The lowest BCUT2D eigenvalue weighted by atomic mass is 10.00. The summed E-state index contributed by atoms with van der Waals surface area (Å²) in [6.07, 6.45) is 3.81. The Kier molecular flexibility index (Phi) is 3.59. The molecule has 0 spiro atoms. The molecule has 0 unspecified atom stereocenters. The van der Waals surface area contributed by atoms with E-state index >= 15 is 0 Å². The van der Waals surface area contributed by atoms with Crippen LogP contribution in [0.5, 0.6) is 5.75 Å². The minimum Gasteiger partial charge on any atom is -0.494 e. The second-order valence-electron chi connectivity index (χ2n) is 4.17. The highest BCUT2D eigenvalue weighted by molar-refractivity contribution is 5.90. The number of nitrogens with two attached hydrogens (primary N) is 1. The van der Waals surface area contributed by atoms with Crippen molar-refractivity contribution in [3.63, 3.8) is 0 Å². The van der Waals surface area contributed by atoms with Crippen LogP contribution in [-0.2, 0) is 6.42 Å². The number of methoxy groups -OCH3 is 1. The quantitative estimate of drug-likeness (QED) is 0.877. The highest BCUT2D eigenvalue weighted by atomic mass is 16.5. The van der Waals surface area contributed by atoms with Crippen LogP contribution < -0.4 is 10.5 Å². The molecule has 0 aliphatic rings. The first-order chi connectivity index (χ1) is 8.27. The van der Waals surface area contributed by atoms with Crippen LogP contribution in [0.15, 0.2) is 24.4 Å². The third-order valence-corrected chi connectivity index (χ3v) is 3.02. The number of ether oxygens (including phenoxy) is 1. The maximum absolute atomic E-state index is 5.57. The van der Waals surface area contributed by atoms with Crippen molar-refractivity contribution in [2.24, 2.45) is 5.73 Å². The van der Waals surface area contributed by atoms with E-state index in [0.717, 1.165) is 24.1 Å². The van der Waals surface area contributed by atoms with E-state index in [1.807, 2.05) is 18.3 Å². The lowest BCUT2D eigenvalue weighted by Gasteiger charge is -2.11. The molecule has 2 aromatic rings. The number of aryl methyl sites for hydroxylation is 2. The minimum absolute atomic E-state index is 0.715. The van der Waals surface area contributed by atoms with Gasteiger partial charge in [-0.25, -0.2) is 0 Å². The fourth-order valence-electron chi connectivity index (χ4n) is 2.15. The average molecular weight is 230 g/mol. The number of aromatic nitrogens is 1. The van der Waals surface area contributed by atoms with Gasteiger partial charge in [0.25, 0.3) is 0 Å². The van der Waals surface area contributed by atoms with Crippen LogP contribution in [0, 0.1) is 6.92 Å². The first-order valence-corrected chi connectivity index (χ1v) is 5.89. The van der Waals surface area contributed by atoms with Crippen molar-refractivity contribution in [3.8, 4) is 5.75 Å². The van der Waals surface area contributed by atoms with Crippen LogP contribution in [0.4, 0.5) is 0 Å². The van der Waals surface area contributed by atoms with Crippen LogP contribution >= 0.6 is 0 Å². The highest BCUT2D eigenvalue weighted by Gasteiger charge is 2.09. The Morgan fingerprint density at radius 2 is 2.12 bits per heavy atom. The van der Waals surface area contributed by atoms with Gasteiger partial charge in [0.2, 0.25) is 0 Å². The first-order valence-electron chi connectivity index (χ1n) is 5.89. The van der Waals surface area contributed by atoms with E-state index < -0.39 is 0 Å². The van der Waals surface area contributed by atoms with Crippen molar-refractivity contribution in [3.05, 3.63) is 35.5 Å². The van der Waals surface area contributed by atoms with Gasteiger partial charge in [-0.05, 0) is 49.6 Å². The molecule has 3 heteroatoms. The molecule has 0 radical (unpaired) electrons. The van der Waals surface area contributed by atoms with Crippen LogP contribution in [0.2, 0.25) is 0 Å². The van der Waals surface area contributed by atoms with Gasteiger partial charge in [0.15, 0.2) is 0 Å². The number of pyridine rings is 1. The Morgan fingerprint density at radius 3 is 2.82 bits per heavy atom. The Labute approximate surface area is 102 Å². The van der Waals surface area contributed by atoms with E-state index in [0.29, 0.717) is 6.54 Å². The van der Waals surface area contributed by atoms with Crippen molar-refractivity contribution in [1.29, 1.82) is 0 Å². The molecule has 3 nitrogen and oxygen atoms in total. The summed E-state index contributed by atoms with van der Waals surface area (Å²) in [5.41, 5.74) is 9.06. The minimum atomic E-state index is 0.715. The standard InChI is InChI=1S/C14H18N2O/c1-10-7-9-16-14-12(17-2)6-5-11(13(10)14)4-3-8-15/h5-7,9H,3-4,8,15H2,1-2H3. The lowest BCUT2D eigenvalue weighted by Crippen LogP contribution is -2.01. The molecule has 2 N–H and O–H groups in total. The molecular formula is C14H18N2O. The van der Waals surface area contributed by atoms with Crippen molar-refractivity contribution >= 4 is 10.9 Å². The second-order valence-corrected chi connectivity index (χ2v) is 4.17. The first kappa shape index (κ1) is 11.9. The molecule has 0 bridgehead atoms. The van der Waals surface area contributed by atoms with Crippen LogP contribution in [0.1, 0.15) is 17.5 Å². The maximum Gasteiger partial charge on any atom is 0.145 e. The van der Waals surface area contributed by atoms with E-state index in [1.54, 1.807) is 7.11 Å². The predicted molar refractivity (Wildman–Crippen MR) is 70.4 cm³/mol. The van der Waals surface area contributed by atoms with E-state index in [2.05, 4.69) is 18.0 Å². The second kappa shape index (κ2) is 5.15. The molecule has 1 aromatic heterocycles. The summed E-state index contributed by atoms with van der Waals surface area (Å²) in [7, 11) is 1.68. The summed E-state index contributed by atoms with van der Waals surface area (Å²) < 4.78 is 5.35. The largest absolute Gasteiger partial charge is 0.494 e. The fourth-order valence-corrected chi connectivity index (χ4v) is 2.15. The fraction of sp³-hybridized carbons (Fsp3) is 0.357. The summed E-state index contributed by atoms with van der Waals surface area (Å²) >= 11 is 0. The summed E-state index contributed by atoms with van der Waals surface area (Å²) in [5, 5.41) is 1.21. The Hall–Kier alpha value is -1.61. The lowest BCUT2D eigenvalue weighted by molar-refractivity contribution is 0.418. The third-order valence-electron chi connectivity index (χ3n) is 3.02. The zero-order valence-corrected chi connectivity index (χ0v) is 10.4. The normalized spacial score (nSPS) is 10.8. The number of rotatable bonds is 4. The number of fused-ring (bicyclic) bond motifs is 1. The third kappa shape index (κ3) is 2.24. The Balaban J connectivity index is 2.61. The summed E-state index contributed by atoms with van der Waals surface area (Å²) in [6, 6.07) is 6.14. The van der Waals surface area contributed by atoms with Crippen LogP contribution in [0.25, 0.3) is 10.9 Å². The zero-order valence-electron chi connectivity index (χ0n) is 10.4. The van der Waals surface area contributed by atoms with Gasteiger partial charge >= 0.3 is 0 Å². The van der Waals surface area contributed by atoms with Gasteiger partial charge in [-0.1, -0.05) is 6.07 Å². The molecule has 0 saturated heterocycles. The van der Waals surface area contributed by atoms with Gasteiger partial charge in [-0.2, -0.15) is 0 Å². The smallest absolute Gasteiger partial charge is 0.145 e. The molecule has 17 heavy (non-hydrogen) atoms. The molecule has 90 valence electrons. The summed E-state index contributed by atoms with van der Waals surface area (Å²) in [5.74, 6) is 0.834. The molecular weight excluding hydrogens is 212 g/mol. The van der Waals surface area contributed by atoms with Crippen molar-refractivity contribution in [2.45, 2.75) is 19.8 Å². The SMILES string of the molecule is COc1ccc(CCCN)c2c(C)ccnc12. The van der Waals surface area contributed by atoms with Gasteiger partial charge in [0.1, 0.15) is 11.3 Å². The number of hydrogen-bond donors (Lipinski definition) is 1. The van der Waals surface area contributed by atoms with Crippen molar-refractivity contribution < 1.29 is 4.74 Å². The van der Waals surface area contributed by atoms with Gasteiger partial charge in [0.05, 0.1) is 7.11 Å². The molecule has 0 aliphatic heterocycles. The van der Waals surface area contributed by atoms with E-state index in [1.165, 1.54) is 16.5 Å². The molecule has 0 saturated carbocycles. The molecule has 0 atom stereocenters. The number of hydrogen-bond acceptors (Lipinski definition) is 3. The van der Waals surface area contributed by atoms with Gasteiger partial charge < -0.3 is 10.5 Å². The monoisotopic (exact) mass is 230 g/mol. The van der Waals surface area contributed by atoms with E-state index in [9.17, 15) is 0 Å². The van der Waals surface area contributed by atoms with E-state index in [4.69, 9.17) is 10.5 Å². The molecule has 0 fully saturated rings.